The molecule has 11 heteroatoms. The Morgan fingerprint density at radius 1 is 1.00 bits per heavy atom. The Kier molecular flexibility index (Phi) is 5.84. The van der Waals surface area contributed by atoms with Crippen LogP contribution in [0.15, 0.2) is 33.5 Å². The van der Waals surface area contributed by atoms with Crippen molar-refractivity contribution in [2.45, 2.75) is 30.7 Å². The van der Waals surface area contributed by atoms with Crippen molar-refractivity contribution in [2.24, 2.45) is 0 Å². The molecule has 5 atom stereocenters. The van der Waals surface area contributed by atoms with Gasteiger partial charge >= 0.3 is 0 Å². The van der Waals surface area contributed by atoms with Crippen LogP contribution in [0.3, 0.4) is 0 Å². The SMILES string of the molecule is COc1ccc2oc3cc(O[C@@H]4O[C@H](CO)[C@@H](O)[C@H](O)[C@H]4O)c(OC)c(O)c3c(=O)c2c1. The molecule has 172 valence electrons. The molecule has 11 nitrogen and oxygen atoms in total. The van der Waals surface area contributed by atoms with E-state index >= 15 is 0 Å². The summed E-state index contributed by atoms with van der Waals surface area (Å²) in [6.45, 7) is -0.644. The number of aliphatic hydroxyl groups excluding tert-OH is 4. The van der Waals surface area contributed by atoms with E-state index in [1.807, 2.05) is 0 Å². The summed E-state index contributed by atoms with van der Waals surface area (Å²) in [6.07, 6.45) is -7.65. The van der Waals surface area contributed by atoms with E-state index in [-0.39, 0.29) is 33.4 Å². The van der Waals surface area contributed by atoms with Crippen molar-refractivity contribution < 1.29 is 48.9 Å². The van der Waals surface area contributed by atoms with Crippen LogP contribution in [-0.4, -0.2) is 77.1 Å². The van der Waals surface area contributed by atoms with Gasteiger partial charge in [0, 0.05) is 6.07 Å². The zero-order valence-corrected chi connectivity index (χ0v) is 17.1. The highest BCUT2D eigenvalue weighted by molar-refractivity contribution is 5.96. The Labute approximate surface area is 180 Å². The van der Waals surface area contributed by atoms with Crippen LogP contribution in [0.2, 0.25) is 0 Å². The molecule has 0 bridgehead atoms. The summed E-state index contributed by atoms with van der Waals surface area (Å²) < 4.78 is 27.0. The second kappa shape index (κ2) is 8.45. The Morgan fingerprint density at radius 2 is 1.75 bits per heavy atom. The third-order valence-corrected chi connectivity index (χ3v) is 5.36. The number of fused-ring (bicyclic) bond motifs is 2. The van der Waals surface area contributed by atoms with Crippen LogP contribution in [0.4, 0.5) is 0 Å². The molecule has 1 fully saturated rings. The second-order valence-electron chi connectivity index (χ2n) is 7.24. The molecule has 1 aliphatic rings. The van der Waals surface area contributed by atoms with Crippen molar-refractivity contribution in [3.63, 3.8) is 0 Å². The third kappa shape index (κ3) is 3.49. The molecule has 0 saturated carbocycles. The fraction of sp³-hybridized carbons (Fsp3) is 0.381. The first kappa shape index (κ1) is 22.1. The number of aliphatic hydroxyl groups is 4. The summed E-state index contributed by atoms with van der Waals surface area (Å²) in [5.41, 5.74) is -0.340. The van der Waals surface area contributed by atoms with Crippen molar-refractivity contribution in [1.29, 1.82) is 0 Å². The lowest BCUT2D eigenvalue weighted by atomic mass is 9.99. The lowest BCUT2D eigenvalue weighted by Gasteiger charge is -2.39. The van der Waals surface area contributed by atoms with Gasteiger partial charge in [-0.25, -0.2) is 0 Å². The van der Waals surface area contributed by atoms with E-state index in [4.69, 9.17) is 23.4 Å². The van der Waals surface area contributed by atoms with E-state index in [0.717, 1.165) is 0 Å². The molecule has 0 radical (unpaired) electrons. The van der Waals surface area contributed by atoms with Gasteiger partial charge in [0.15, 0.2) is 11.5 Å². The summed E-state index contributed by atoms with van der Waals surface area (Å²) in [6, 6.07) is 5.88. The van der Waals surface area contributed by atoms with Gasteiger partial charge in [-0.05, 0) is 18.2 Å². The van der Waals surface area contributed by atoms with Gasteiger partial charge in [0.25, 0.3) is 0 Å². The predicted octanol–water partition coefficient (Wildman–Crippen LogP) is -0.152. The van der Waals surface area contributed by atoms with E-state index in [1.54, 1.807) is 6.07 Å². The molecule has 0 spiro atoms. The minimum absolute atomic E-state index is 0.0365. The maximum absolute atomic E-state index is 13.0. The zero-order chi connectivity index (χ0) is 23.2. The predicted molar refractivity (Wildman–Crippen MR) is 109 cm³/mol. The van der Waals surface area contributed by atoms with E-state index in [9.17, 15) is 30.3 Å². The Morgan fingerprint density at radius 3 is 2.41 bits per heavy atom. The fourth-order valence-electron chi connectivity index (χ4n) is 3.63. The van der Waals surface area contributed by atoms with Crippen molar-refractivity contribution in [3.05, 3.63) is 34.5 Å². The molecule has 3 aromatic rings. The Balaban J connectivity index is 1.83. The number of benzene rings is 2. The molecular weight excluding hydrogens is 428 g/mol. The van der Waals surface area contributed by atoms with Gasteiger partial charge < -0.3 is 48.9 Å². The van der Waals surface area contributed by atoms with Crippen LogP contribution >= 0.6 is 0 Å². The van der Waals surface area contributed by atoms with Crippen LogP contribution in [0.1, 0.15) is 0 Å². The number of aromatic hydroxyl groups is 1. The van der Waals surface area contributed by atoms with Crippen molar-refractivity contribution >= 4 is 21.9 Å². The van der Waals surface area contributed by atoms with Gasteiger partial charge in [0.2, 0.25) is 17.5 Å². The van der Waals surface area contributed by atoms with Crippen LogP contribution in [0, 0.1) is 0 Å². The highest BCUT2D eigenvalue weighted by Gasteiger charge is 2.45. The molecule has 0 unspecified atom stereocenters. The summed E-state index contributed by atoms with van der Waals surface area (Å²) >= 11 is 0. The first-order valence-corrected chi connectivity index (χ1v) is 9.62. The molecular formula is C21H22O11. The molecule has 2 heterocycles. The number of hydrogen-bond acceptors (Lipinski definition) is 11. The molecule has 0 amide bonds. The molecule has 4 rings (SSSR count). The molecule has 1 saturated heterocycles. The molecule has 1 aromatic heterocycles. The zero-order valence-electron chi connectivity index (χ0n) is 17.1. The lowest BCUT2D eigenvalue weighted by Crippen LogP contribution is -2.60. The maximum atomic E-state index is 13.0. The van der Waals surface area contributed by atoms with Crippen molar-refractivity contribution in [3.8, 4) is 23.0 Å². The van der Waals surface area contributed by atoms with Gasteiger partial charge in [-0.1, -0.05) is 0 Å². The van der Waals surface area contributed by atoms with E-state index in [0.29, 0.717) is 5.75 Å². The average molecular weight is 450 g/mol. The van der Waals surface area contributed by atoms with Gasteiger partial charge in [0.1, 0.15) is 46.7 Å². The third-order valence-electron chi connectivity index (χ3n) is 5.36. The first-order chi connectivity index (χ1) is 15.3. The number of ether oxygens (including phenoxy) is 4. The fourth-order valence-corrected chi connectivity index (χ4v) is 3.63. The van der Waals surface area contributed by atoms with Crippen LogP contribution in [0.25, 0.3) is 21.9 Å². The number of phenols is 1. The van der Waals surface area contributed by atoms with E-state index < -0.39 is 48.5 Å². The summed E-state index contributed by atoms with van der Waals surface area (Å²) in [5.74, 6) is -0.553. The first-order valence-electron chi connectivity index (χ1n) is 9.62. The molecule has 2 aromatic carbocycles. The second-order valence-corrected chi connectivity index (χ2v) is 7.24. The number of phenolic OH excluding ortho intramolecular Hbond substituents is 1. The molecule has 32 heavy (non-hydrogen) atoms. The van der Waals surface area contributed by atoms with Gasteiger partial charge in [0.05, 0.1) is 26.2 Å². The minimum Gasteiger partial charge on any atom is -0.504 e. The van der Waals surface area contributed by atoms with Crippen LogP contribution in [-0.2, 0) is 4.74 Å². The smallest absolute Gasteiger partial charge is 0.229 e. The number of methoxy groups -OCH3 is 2. The van der Waals surface area contributed by atoms with Gasteiger partial charge in [-0.3, -0.25) is 4.79 Å². The summed E-state index contributed by atoms with van der Waals surface area (Å²) in [5, 5.41) is 50.2. The quantitative estimate of drug-likeness (QED) is 0.328. The lowest BCUT2D eigenvalue weighted by molar-refractivity contribution is -0.277. The van der Waals surface area contributed by atoms with E-state index in [1.165, 1.54) is 32.4 Å². The van der Waals surface area contributed by atoms with Crippen LogP contribution in [0.5, 0.6) is 23.0 Å². The van der Waals surface area contributed by atoms with Crippen molar-refractivity contribution in [1.82, 2.24) is 0 Å². The molecule has 1 aliphatic heterocycles. The normalized spacial score (nSPS) is 25.8. The Hall–Kier alpha value is -3.09. The molecule has 5 N–H and O–H groups in total. The highest BCUT2D eigenvalue weighted by Crippen LogP contribution is 2.43. The molecule has 0 aliphatic carbocycles. The largest absolute Gasteiger partial charge is 0.504 e. The standard InChI is InChI=1S/C21H22O11/c1-28-8-3-4-10-9(5-8)15(23)14-11(30-10)6-12(20(29-2)17(14)25)31-21-19(27)18(26)16(24)13(7-22)32-21/h3-6,13,16,18-19,21-22,24-27H,7H2,1-2H3/t13-,16-,18+,19-,21-/m1/s1. The monoisotopic (exact) mass is 450 g/mol. The summed E-state index contributed by atoms with van der Waals surface area (Å²) in [7, 11) is 2.68. The topological polar surface area (TPSA) is 168 Å². The maximum Gasteiger partial charge on any atom is 0.229 e. The highest BCUT2D eigenvalue weighted by atomic mass is 16.7. The summed E-state index contributed by atoms with van der Waals surface area (Å²) in [4.78, 5) is 13.0. The number of hydrogen-bond donors (Lipinski definition) is 5. The average Bonchev–Trinajstić information content (AvgIpc) is 2.79. The van der Waals surface area contributed by atoms with Gasteiger partial charge in [-0.2, -0.15) is 0 Å². The van der Waals surface area contributed by atoms with Gasteiger partial charge in [-0.15, -0.1) is 0 Å². The van der Waals surface area contributed by atoms with E-state index in [2.05, 4.69) is 0 Å². The minimum atomic E-state index is -1.69. The Bertz CT molecular complexity index is 1200. The van der Waals surface area contributed by atoms with Crippen LogP contribution < -0.4 is 19.6 Å². The van der Waals surface area contributed by atoms with Crippen molar-refractivity contribution in [2.75, 3.05) is 20.8 Å². The number of rotatable bonds is 5.